The van der Waals surface area contributed by atoms with E-state index in [4.69, 9.17) is 9.94 Å². The van der Waals surface area contributed by atoms with Gasteiger partial charge in [0.2, 0.25) is 5.91 Å². The van der Waals surface area contributed by atoms with E-state index in [1.807, 2.05) is 0 Å². The van der Waals surface area contributed by atoms with E-state index in [0.29, 0.717) is 18.4 Å². The van der Waals surface area contributed by atoms with Gasteiger partial charge in [-0.15, -0.1) is 0 Å². The first-order chi connectivity index (χ1) is 9.78. The summed E-state index contributed by atoms with van der Waals surface area (Å²) in [6.45, 7) is 0.914. The first kappa shape index (κ1) is 15.8. The van der Waals surface area contributed by atoms with Crippen molar-refractivity contribution in [3.8, 4) is 0 Å². The third-order valence-electron chi connectivity index (χ3n) is 5.00. The lowest BCUT2D eigenvalue weighted by Gasteiger charge is -2.29. The zero-order valence-corrected chi connectivity index (χ0v) is 12.5. The number of rotatable bonds is 6. The molecule has 2 N–H and O–H groups in total. The first-order valence-electron chi connectivity index (χ1n) is 8.32. The monoisotopic (exact) mass is 283 g/mol. The molecule has 0 aromatic rings. The minimum absolute atomic E-state index is 0.258. The molecule has 4 nitrogen and oxygen atoms in total. The molecule has 0 unspecified atom stereocenters. The molecule has 2 saturated carbocycles. The molecule has 2 aliphatic carbocycles. The Morgan fingerprint density at radius 1 is 1.00 bits per heavy atom. The molecule has 2 rings (SSSR count). The van der Waals surface area contributed by atoms with Gasteiger partial charge in [0, 0.05) is 13.0 Å². The standard InChI is InChI=1S/C16H29NO3/c18-16(17-19)12-14-6-8-15(9-7-14)20-11-10-13-4-2-1-3-5-13/h13-15,19H,1-12H2,(H,17,18). The molecule has 2 aliphatic rings. The van der Waals surface area contributed by atoms with E-state index >= 15 is 0 Å². The van der Waals surface area contributed by atoms with Crippen LogP contribution in [0, 0.1) is 11.8 Å². The van der Waals surface area contributed by atoms with Crippen molar-refractivity contribution in [2.75, 3.05) is 6.61 Å². The quantitative estimate of drug-likeness (QED) is 0.580. The fourth-order valence-corrected chi connectivity index (χ4v) is 3.69. The molecule has 4 heteroatoms. The van der Waals surface area contributed by atoms with Crippen LogP contribution in [0.15, 0.2) is 0 Å². The van der Waals surface area contributed by atoms with E-state index in [-0.39, 0.29) is 5.91 Å². The van der Waals surface area contributed by atoms with Crippen LogP contribution in [-0.2, 0) is 9.53 Å². The Morgan fingerprint density at radius 3 is 2.35 bits per heavy atom. The second-order valence-electron chi connectivity index (χ2n) is 6.55. The summed E-state index contributed by atoms with van der Waals surface area (Å²) in [5.41, 5.74) is 1.72. The van der Waals surface area contributed by atoms with Gasteiger partial charge in [0.25, 0.3) is 0 Å². The van der Waals surface area contributed by atoms with E-state index in [0.717, 1.165) is 38.2 Å². The number of nitrogens with one attached hydrogen (secondary N) is 1. The van der Waals surface area contributed by atoms with Crippen LogP contribution in [0.25, 0.3) is 0 Å². The Hall–Kier alpha value is -0.610. The molecule has 2 fully saturated rings. The van der Waals surface area contributed by atoms with Crippen LogP contribution in [0.2, 0.25) is 0 Å². The van der Waals surface area contributed by atoms with Crippen molar-refractivity contribution in [2.24, 2.45) is 11.8 Å². The Labute approximate surface area is 122 Å². The van der Waals surface area contributed by atoms with Gasteiger partial charge in [-0.2, -0.15) is 0 Å². The van der Waals surface area contributed by atoms with Gasteiger partial charge in [-0.05, 0) is 43.9 Å². The minimum atomic E-state index is -0.258. The number of carbonyl (C=O) groups is 1. The minimum Gasteiger partial charge on any atom is -0.378 e. The van der Waals surface area contributed by atoms with Crippen molar-refractivity contribution in [3.63, 3.8) is 0 Å². The fraction of sp³-hybridized carbons (Fsp3) is 0.938. The van der Waals surface area contributed by atoms with Crippen molar-refractivity contribution >= 4 is 5.91 Å². The normalized spacial score (nSPS) is 28.2. The molecule has 0 aromatic carbocycles. The van der Waals surface area contributed by atoms with Crippen LogP contribution in [0.1, 0.15) is 70.6 Å². The van der Waals surface area contributed by atoms with E-state index < -0.39 is 0 Å². The van der Waals surface area contributed by atoms with E-state index in [1.165, 1.54) is 38.5 Å². The summed E-state index contributed by atoms with van der Waals surface area (Å²) in [7, 11) is 0. The van der Waals surface area contributed by atoms with Crippen molar-refractivity contribution in [1.29, 1.82) is 0 Å². The van der Waals surface area contributed by atoms with Crippen LogP contribution in [-0.4, -0.2) is 23.8 Å². The summed E-state index contributed by atoms with van der Waals surface area (Å²) in [6, 6.07) is 0. The largest absolute Gasteiger partial charge is 0.378 e. The van der Waals surface area contributed by atoms with Gasteiger partial charge in [0.15, 0.2) is 0 Å². The third-order valence-corrected chi connectivity index (χ3v) is 5.00. The summed E-state index contributed by atoms with van der Waals surface area (Å²) >= 11 is 0. The van der Waals surface area contributed by atoms with Crippen LogP contribution in [0.4, 0.5) is 0 Å². The number of ether oxygens (including phenoxy) is 1. The summed E-state index contributed by atoms with van der Waals surface area (Å²) < 4.78 is 6.02. The molecule has 0 aliphatic heterocycles. The summed E-state index contributed by atoms with van der Waals surface area (Å²) in [4.78, 5) is 11.1. The molecular weight excluding hydrogens is 254 g/mol. The highest BCUT2D eigenvalue weighted by Crippen LogP contribution is 2.30. The average molecular weight is 283 g/mol. The maximum absolute atomic E-state index is 11.1. The summed E-state index contributed by atoms with van der Waals surface area (Å²) in [5, 5.41) is 8.53. The lowest BCUT2D eigenvalue weighted by atomic mass is 9.85. The van der Waals surface area contributed by atoms with E-state index in [9.17, 15) is 4.79 Å². The van der Waals surface area contributed by atoms with Crippen LogP contribution < -0.4 is 5.48 Å². The highest BCUT2D eigenvalue weighted by molar-refractivity contribution is 5.74. The van der Waals surface area contributed by atoms with Crippen LogP contribution in [0.5, 0.6) is 0 Å². The van der Waals surface area contributed by atoms with Gasteiger partial charge < -0.3 is 4.74 Å². The van der Waals surface area contributed by atoms with Crippen molar-refractivity contribution in [3.05, 3.63) is 0 Å². The van der Waals surface area contributed by atoms with Gasteiger partial charge >= 0.3 is 0 Å². The number of hydroxylamine groups is 1. The highest BCUT2D eigenvalue weighted by Gasteiger charge is 2.23. The topological polar surface area (TPSA) is 58.6 Å². The first-order valence-corrected chi connectivity index (χ1v) is 8.32. The predicted molar refractivity (Wildman–Crippen MR) is 77.4 cm³/mol. The van der Waals surface area contributed by atoms with Gasteiger partial charge in [0.1, 0.15) is 0 Å². The second kappa shape index (κ2) is 8.63. The van der Waals surface area contributed by atoms with Crippen molar-refractivity contribution < 1.29 is 14.7 Å². The highest BCUT2D eigenvalue weighted by atomic mass is 16.5. The second-order valence-corrected chi connectivity index (χ2v) is 6.55. The smallest absolute Gasteiger partial charge is 0.243 e. The summed E-state index contributed by atoms with van der Waals surface area (Å²) in [6.07, 6.45) is 13.3. The third kappa shape index (κ3) is 5.41. The summed E-state index contributed by atoms with van der Waals surface area (Å²) in [5.74, 6) is 1.06. The molecule has 0 bridgehead atoms. The molecule has 0 heterocycles. The number of hydrogen-bond donors (Lipinski definition) is 2. The van der Waals surface area contributed by atoms with Crippen LogP contribution >= 0.6 is 0 Å². The Balaban J connectivity index is 1.54. The number of hydrogen-bond acceptors (Lipinski definition) is 3. The van der Waals surface area contributed by atoms with E-state index in [2.05, 4.69) is 0 Å². The van der Waals surface area contributed by atoms with Gasteiger partial charge in [-0.25, -0.2) is 5.48 Å². The van der Waals surface area contributed by atoms with Gasteiger partial charge in [-0.3, -0.25) is 10.0 Å². The molecule has 116 valence electrons. The van der Waals surface area contributed by atoms with Crippen LogP contribution in [0.3, 0.4) is 0 Å². The lowest BCUT2D eigenvalue weighted by molar-refractivity contribution is -0.130. The molecule has 0 spiro atoms. The van der Waals surface area contributed by atoms with Crippen molar-refractivity contribution in [1.82, 2.24) is 5.48 Å². The average Bonchev–Trinajstić information content (AvgIpc) is 2.50. The van der Waals surface area contributed by atoms with E-state index in [1.54, 1.807) is 5.48 Å². The molecule has 0 radical (unpaired) electrons. The number of carbonyl (C=O) groups excluding carboxylic acids is 1. The molecule has 0 saturated heterocycles. The number of amides is 1. The van der Waals surface area contributed by atoms with Gasteiger partial charge in [0.05, 0.1) is 6.10 Å². The lowest BCUT2D eigenvalue weighted by Crippen LogP contribution is -2.27. The Morgan fingerprint density at radius 2 is 1.70 bits per heavy atom. The zero-order valence-electron chi connectivity index (χ0n) is 12.5. The SMILES string of the molecule is O=C(CC1CCC(OCCC2CCCCC2)CC1)NO. The fourth-order valence-electron chi connectivity index (χ4n) is 3.69. The molecule has 20 heavy (non-hydrogen) atoms. The molecule has 1 amide bonds. The Bertz CT molecular complexity index is 281. The van der Waals surface area contributed by atoms with Crippen molar-refractivity contribution in [2.45, 2.75) is 76.7 Å². The van der Waals surface area contributed by atoms with Gasteiger partial charge in [-0.1, -0.05) is 32.1 Å². The molecule has 0 aromatic heterocycles. The maximum Gasteiger partial charge on any atom is 0.243 e. The zero-order chi connectivity index (χ0) is 14.2. The molecular formula is C16H29NO3. The Kier molecular flexibility index (Phi) is 6.80. The predicted octanol–water partition coefficient (Wildman–Crippen LogP) is 3.43. The molecule has 0 atom stereocenters. The maximum atomic E-state index is 11.1.